The Morgan fingerprint density at radius 1 is 1.19 bits per heavy atom. The van der Waals surface area contributed by atoms with Crippen LogP contribution in [-0.4, -0.2) is 20.4 Å². The normalized spacial score (nSPS) is 10.8. The minimum absolute atomic E-state index is 0.0207. The van der Waals surface area contributed by atoms with Gasteiger partial charge in [-0.3, -0.25) is 4.79 Å². The first-order chi connectivity index (χ1) is 7.33. The van der Waals surface area contributed by atoms with Gasteiger partial charge in [-0.1, -0.05) is 6.07 Å². The van der Waals surface area contributed by atoms with E-state index < -0.39 is 22.0 Å². The van der Waals surface area contributed by atoms with Crippen molar-refractivity contribution in [2.45, 2.75) is 4.90 Å². The molecule has 0 aliphatic carbocycles. The molecule has 8 heteroatoms. The summed E-state index contributed by atoms with van der Waals surface area (Å²) in [5.74, 6) is -0.767. The van der Waals surface area contributed by atoms with Gasteiger partial charge in [0.25, 0.3) is 10.0 Å². The summed E-state index contributed by atoms with van der Waals surface area (Å²) in [4.78, 5) is 21.0. The molecule has 0 fully saturated rings. The summed E-state index contributed by atoms with van der Waals surface area (Å²) in [6.45, 7) is 0. The first kappa shape index (κ1) is 12.0. The maximum atomic E-state index is 11.5. The third kappa shape index (κ3) is 2.70. The minimum atomic E-state index is -4.05. The lowest BCUT2D eigenvalue weighted by atomic mass is 10.2. The average Bonchev–Trinajstić information content (AvgIpc) is 2.16. The molecule has 0 heterocycles. The van der Waals surface area contributed by atoms with E-state index in [9.17, 15) is 18.0 Å². The summed E-state index contributed by atoms with van der Waals surface area (Å²) in [6.07, 6.45) is 0. The Morgan fingerprint density at radius 3 is 2.31 bits per heavy atom. The summed E-state index contributed by atoms with van der Waals surface area (Å²) < 4.78 is 24.5. The molecule has 7 nitrogen and oxygen atoms in total. The van der Waals surface area contributed by atoms with Crippen LogP contribution in [0.15, 0.2) is 29.2 Å². The van der Waals surface area contributed by atoms with Crippen molar-refractivity contribution < 1.29 is 18.0 Å². The molecule has 0 atom stereocenters. The lowest BCUT2D eigenvalue weighted by Gasteiger charge is -2.04. The van der Waals surface area contributed by atoms with Gasteiger partial charge in [-0.05, 0) is 18.2 Å². The van der Waals surface area contributed by atoms with E-state index in [1.54, 1.807) is 4.72 Å². The van der Waals surface area contributed by atoms with Gasteiger partial charge in [0.15, 0.2) is 0 Å². The summed E-state index contributed by atoms with van der Waals surface area (Å²) in [7, 11) is -4.05. The van der Waals surface area contributed by atoms with E-state index in [-0.39, 0.29) is 10.5 Å². The van der Waals surface area contributed by atoms with Crippen molar-refractivity contribution in [3.8, 4) is 0 Å². The predicted molar refractivity (Wildman–Crippen MR) is 54.9 cm³/mol. The van der Waals surface area contributed by atoms with E-state index in [0.717, 1.165) is 6.07 Å². The van der Waals surface area contributed by atoms with Crippen LogP contribution in [0, 0.1) is 0 Å². The van der Waals surface area contributed by atoms with Gasteiger partial charge in [0.2, 0.25) is 5.91 Å². The van der Waals surface area contributed by atoms with Crippen LogP contribution in [0.1, 0.15) is 10.4 Å². The third-order valence-electron chi connectivity index (χ3n) is 1.66. The number of nitrogens with two attached hydrogens (primary N) is 2. The van der Waals surface area contributed by atoms with Crippen LogP contribution in [0.3, 0.4) is 0 Å². The van der Waals surface area contributed by atoms with Crippen molar-refractivity contribution in [3.05, 3.63) is 29.8 Å². The van der Waals surface area contributed by atoms with Crippen molar-refractivity contribution in [3.63, 3.8) is 0 Å². The Hall–Kier alpha value is -2.09. The van der Waals surface area contributed by atoms with E-state index in [1.807, 2.05) is 0 Å². The number of nitrogens with one attached hydrogen (secondary N) is 1. The quantitative estimate of drug-likeness (QED) is 0.637. The number of sulfonamides is 1. The van der Waals surface area contributed by atoms with E-state index in [4.69, 9.17) is 11.5 Å². The number of primary amides is 2. The highest BCUT2D eigenvalue weighted by Crippen LogP contribution is 2.10. The molecule has 0 saturated heterocycles. The highest BCUT2D eigenvalue weighted by Gasteiger charge is 2.16. The van der Waals surface area contributed by atoms with Gasteiger partial charge in [-0.15, -0.1) is 0 Å². The average molecular weight is 243 g/mol. The lowest BCUT2D eigenvalue weighted by molar-refractivity contribution is 0.1000. The Kier molecular flexibility index (Phi) is 3.14. The van der Waals surface area contributed by atoms with Crippen molar-refractivity contribution in [2.24, 2.45) is 11.5 Å². The Balaban J connectivity index is 3.19. The number of hydrogen-bond donors (Lipinski definition) is 3. The fourth-order valence-electron chi connectivity index (χ4n) is 1.01. The molecule has 0 unspecified atom stereocenters. The van der Waals surface area contributed by atoms with Crippen LogP contribution in [-0.2, 0) is 10.0 Å². The molecular weight excluding hydrogens is 234 g/mol. The van der Waals surface area contributed by atoms with E-state index in [1.165, 1.54) is 18.2 Å². The molecule has 1 aromatic rings. The molecule has 1 aromatic carbocycles. The molecule has 0 aliphatic heterocycles. The van der Waals surface area contributed by atoms with Crippen molar-refractivity contribution >= 4 is 22.0 Å². The van der Waals surface area contributed by atoms with Crippen LogP contribution in [0.5, 0.6) is 0 Å². The number of hydrogen-bond acceptors (Lipinski definition) is 4. The maximum absolute atomic E-state index is 11.5. The molecule has 0 aliphatic rings. The van der Waals surface area contributed by atoms with E-state index >= 15 is 0 Å². The third-order valence-corrected chi connectivity index (χ3v) is 3.01. The van der Waals surface area contributed by atoms with Gasteiger partial charge >= 0.3 is 6.03 Å². The standard InChI is InChI=1S/C8H9N3O4S/c9-7(12)5-2-1-3-6(4-5)16(14,15)11-8(10)13/h1-4H,(H2,9,12)(H3,10,11,13). The second-order valence-electron chi connectivity index (χ2n) is 2.86. The number of benzene rings is 1. The molecule has 0 saturated carbocycles. The Labute approximate surface area is 91.5 Å². The van der Waals surface area contributed by atoms with Gasteiger partial charge in [0, 0.05) is 5.56 Å². The number of urea groups is 1. The van der Waals surface area contributed by atoms with Crippen LogP contribution in [0.25, 0.3) is 0 Å². The SMILES string of the molecule is NC(=O)NS(=O)(=O)c1cccc(C(N)=O)c1. The Bertz CT molecular complexity index is 538. The molecule has 5 N–H and O–H groups in total. The van der Waals surface area contributed by atoms with E-state index in [0.29, 0.717) is 0 Å². The zero-order chi connectivity index (χ0) is 12.3. The van der Waals surface area contributed by atoms with Gasteiger partial charge in [0.1, 0.15) is 0 Å². The highest BCUT2D eigenvalue weighted by molar-refractivity contribution is 7.90. The van der Waals surface area contributed by atoms with Gasteiger partial charge in [-0.2, -0.15) is 0 Å². The topological polar surface area (TPSA) is 132 Å². The van der Waals surface area contributed by atoms with Crippen molar-refractivity contribution in [1.29, 1.82) is 0 Å². The zero-order valence-corrected chi connectivity index (χ0v) is 8.82. The lowest BCUT2D eigenvalue weighted by Crippen LogP contribution is -2.35. The second kappa shape index (κ2) is 4.19. The van der Waals surface area contributed by atoms with Crippen LogP contribution in [0.2, 0.25) is 0 Å². The summed E-state index contributed by atoms with van der Waals surface area (Å²) >= 11 is 0. The van der Waals surface area contributed by atoms with Crippen molar-refractivity contribution in [1.82, 2.24) is 4.72 Å². The number of rotatable bonds is 3. The maximum Gasteiger partial charge on any atom is 0.326 e. The molecule has 0 spiro atoms. The first-order valence-electron chi connectivity index (χ1n) is 4.05. The first-order valence-corrected chi connectivity index (χ1v) is 5.53. The summed E-state index contributed by atoms with van der Waals surface area (Å²) in [6, 6.07) is 3.73. The molecule has 0 radical (unpaired) electrons. The number of amides is 3. The fourth-order valence-corrected chi connectivity index (χ4v) is 1.93. The van der Waals surface area contributed by atoms with E-state index in [2.05, 4.69) is 0 Å². The van der Waals surface area contributed by atoms with Crippen LogP contribution < -0.4 is 16.2 Å². The molecule has 0 aromatic heterocycles. The van der Waals surface area contributed by atoms with Gasteiger partial charge in [-0.25, -0.2) is 17.9 Å². The Morgan fingerprint density at radius 2 is 1.81 bits per heavy atom. The highest BCUT2D eigenvalue weighted by atomic mass is 32.2. The fraction of sp³-hybridized carbons (Fsp3) is 0. The number of carbonyl (C=O) groups excluding carboxylic acids is 2. The summed E-state index contributed by atoms with van der Waals surface area (Å²) in [5.41, 5.74) is 9.69. The molecule has 1 rings (SSSR count). The molecule has 16 heavy (non-hydrogen) atoms. The summed E-state index contributed by atoms with van der Waals surface area (Å²) in [5, 5.41) is 0. The molecule has 0 bridgehead atoms. The smallest absolute Gasteiger partial charge is 0.326 e. The molecule has 86 valence electrons. The van der Waals surface area contributed by atoms with Crippen molar-refractivity contribution in [2.75, 3.05) is 0 Å². The monoisotopic (exact) mass is 243 g/mol. The minimum Gasteiger partial charge on any atom is -0.366 e. The molecule has 3 amide bonds. The van der Waals surface area contributed by atoms with Crippen LogP contribution in [0.4, 0.5) is 4.79 Å². The van der Waals surface area contributed by atoms with Gasteiger partial charge < -0.3 is 11.5 Å². The number of carbonyl (C=O) groups is 2. The zero-order valence-electron chi connectivity index (χ0n) is 8.01. The molecular formula is C8H9N3O4S. The van der Waals surface area contributed by atoms with Crippen LogP contribution >= 0.6 is 0 Å². The largest absolute Gasteiger partial charge is 0.366 e. The van der Waals surface area contributed by atoms with Gasteiger partial charge in [0.05, 0.1) is 4.90 Å². The second-order valence-corrected chi connectivity index (χ2v) is 4.54. The predicted octanol–water partition coefficient (Wildman–Crippen LogP) is -0.857.